The molecule has 6 heteroatoms. The predicted octanol–water partition coefficient (Wildman–Crippen LogP) is 1.97. The van der Waals surface area contributed by atoms with Crippen molar-refractivity contribution in [2.45, 2.75) is 23.0 Å². The Morgan fingerprint density at radius 3 is 3.00 bits per heavy atom. The van der Waals surface area contributed by atoms with E-state index in [1.807, 2.05) is 12.1 Å². The molecule has 5 nitrogen and oxygen atoms in total. The monoisotopic (exact) mass is 267 g/mol. The molecule has 1 atom stereocenters. The highest BCUT2D eigenvalue weighted by atomic mass is 32.2. The minimum Gasteiger partial charge on any atom is -0.497 e. The lowest BCUT2D eigenvalue weighted by Crippen LogP contribution is -2.29. The van der Waals surface area contributed by atoms with E-state index in [0.717, 1.165) is 10.6 Å². The van der Waals surface area contributed by atoms with Crippen LogP contribution in [0.1, 0.15) is 12.8 Å². The first kappa shape index (κ1) is 12.8. The van der Waals surface area contributed by atoms with E-state index in [0.29, 0.717) is 12.2 Å². The average molecular weight is 267 g/mol. The molecule has 0 bridgehead atoms. The molecule has 0 saturated heterocycles. The molecule has 1 amide bonds. The molecular weight excluding hydrogens is 254 g/mol. The van der Waals surface area contributed by atoms with E-state index in [-0.39, 0.29) is 17.6 Å². The normalized spacial score (nSPS) is 17.8. The van der Waals surface area contributed by atoms with Gasteiger partial charge in [-0.1, -0.05) is 0 Å². The number of carbonyl (C=O) groups excluding carboxylic acids is 1. The van der Waals surface area contributed by atoms with Crippen LogP contribution >= 0.6 is 11.8 Å². The van der Waals surface area contributed by atoms with Crippen LogP contribution in [0.25, 0.3) is 0 Å². The van der Waals surface area contributed by atoms with E-state index >= 15 is 0 Å². The van der Waals surface area contributed by atoms with Crippen LogP contribution in [0.2, 0.25) is 0 Å². The Hall–Kier alpha value is -1.69. The summed E-state index contributed by atoms with van der Waals surface area (Å²) in [7, 11) is 1.56. The van der Waals surface area contributed by atoms with Gasteiger partial charge in [0.2, 0.25) is 5.91 Å². The molecule has 1 unspecified atom stereocenters. The van der Waals surface area contributed by atoms with Crippen LogP contribution in [0.5, 0.6) is 5.75 Å². The molecule has 1 aliphatic heterocycles. The summed E-state index contributed by atoms with van der Waals surface area (Å²) >= 11 is 1.40. The number of anilines is 1. The van der Waals surface area contributed by atoms with Gasteiger partial charge in [-0.25, -0.2) is 0 Å². The molecule has 0 aliphatic carbocycles. The highest BCUT2D eigenvalue weighted by molar-refractivity contribution is 8.01. The maximum Gasteiger partial charge on any atom is 0.303 e. The first-order chi connectivity index (χ1) is 8.60. The second-order valence-corrected chi connectivity index (χ2v) is 5.13. The lowest BCUT2D eigenvalue weighted by molar-refractivity contribution is -0.137. The number of rotatable bonds is 4. The Morgan fingerprint density at radius 1 is 1.56 bits per heavy atom. The fourth-order valence-electron chi connectivity index (χ4n) is 1.70. The van der Waals surface area contributed by atoms with E-state index in [1.165, 1.54) is 11.8 Å². The van der Waals surface area contributed by atoms with Gasteiger partial charge >= 0.3 is 5.97 Å². The molecule has 0 spiro atoms. The van der Waals surface area contributed by atoms with Crippen LogP contribution in [0.15, 0.2) is 23.1 Å². The lowest BCUT2D eigenvalue weighted by atomic mass is 10.2. The van der Waals surface area contributed by atoms with Gasteiger partial charge in [-0.2, -0.15) is 0 Å². The maximum atomic E-state index is 11.8. The molecule has 1 heterocycles. The van der Waals surface area contributed by atoms with Crippen molar-refractivity contribution in [3.8, 4) is 5.75 Å². The maximum absolute atomic E-state index is 11.8. The van der Waals surface area contributed by atoms with Crippen LogP contribution < -0.4 is 10.1 Å². The summed E-state index contributed by atoms with van der Waals surface area (Å²) in [4.78, 5) is 23.3. The van der Waals surface area contributed by atoms with Crippen LogP contribution in [0, 0.1) is 0 Å². The predicted molar refractivity (Wildman–Crippen MR) is 68.1 cm³/mol. The minimum absolute atomic E-state index is 0.00340. The van der Waals surface area contributed by atoms with Crippen molar-refractivity contribution in [3.63, 3.8) is 0 Å². The van der Waals surface area contributed by atoms with Gasteiger partial charge in [-0.05, 0) is 18.6 Å². The number of aliphatic carboxylic acids is 1. The Kier molecular flexibility index (Phi) is 3.76. The molecule has 0 saturated carbocycles. The summed E-state index contributed by atoms with van der Waals surface area (Å²) < 4.78 is 5.08. The summed E-state index contributed by atoms with van der Waals surface area (Å²) in [5.41, 5.74) is 0.718. The average Bonchev–Trinajstić information content (AvgIpc) is 2.35. The zero-order chi connectivity index (χ0) is 13.1. The first-order valence-electron chi connectivity index (χ1n) is 5.47. The number of amides is 1. The highest BCUT2D eigenvalue weighted by Crippen LogP contribution is 2.39. The molecule has 18 heavy (non-hydrogen) atoms. The summed E-state index contributed by atoms with van der Waals surface area (Å²) in [6.45, 7) is 0. The molecule has 0 aromatic heterocycles. The van der Waals surface area contributed by atoms with Gasteiger partial charge in [0.25, 0.3) is 0 Å². The second-order valence-electron chi connectivity index (χ2n) is 3.89. The van der Waals surface area contributed by atoms with Crippen LogP contribution in [0.3, 0.4) is 0 Å². The molecular formula is C12H13NO4S. The van der Waals surface area contributed by atoms with Crippen molar-refractivity contribution in [3.05, 3.63) is 18.2 Å². The highest BCUT2D eigenvalue weighted by Gasteiger charge is 2.27. The number of benzene rings is 1. The Morgan fingerprint density at radius 2 is 2.33 bits per heavy atom. The van der Waals surface area contributed by atoms with E-state index in [4.69, 9.17) is 9.84 Å². The van der Waals surface area contributed by atoms with Gasteiger partial charge in [-0.3, -0.25) is 9.59 Å². The number of hydrogen-bond acceptors (Lipinski definition) is 4. The number of carboxylic acid groups (broad SMARTS) is 1. The van der Waals surface area contributed by atoms with E-state index in [1.54, 1.807) is 13.2 Å². The third-order valence-corrected chi connectivity index (χ3v) is 3.97. The van der Waals surface area contributed by atoms with Crippen LogP contribution in [-0.4, -0.2) is 29.3 Å². The second kappa shape index (κ2) is 5.30. The fraction of sp³-hybridized carbons (Fsp3) is 0.333. The summed E-state index contributed by atoms with van der Waals surface area (Å²) in [5.74, 6) is -0.357. The number of nitrogens with one attached hydrogen (secondary N) is 1. The number of methoxy groups -OCH3 is 1. The SMILES string of the molecule is COc1ccc2c(c1)NC(=O)C(CCC(=O)O)S2. The van der Waals surface area contributed by atoms with Gasteiger partial charge in [0.1, 0.15) is 5.75 Å². The van der Waals surface area contributed by atoms with Crippen molar-refractivity contribution < 1.29 is 19.4 Å². The molecule has 2 N–H and O–H groups in total. The number of hydrogen-bond donors (Lipinski definition) is 2. The molecule has 1 aliphatic rings. The van der Waals surface area contributed by atoms with Crippen molar-refractivity contribution in [2.24, 2.45) is 0 Å². The molecule has 0 fully saturated rings. The zero-order valence-corrected chi connectivity index (χ0v) is 10.6. The topological polar surface area (TPSA) is 75.6 Å². The van der Waals surface area contributed by atoms with Gasteiger partial charge in [0.15, 0.2) is 0 Å². The third kappa shape index (κ3) is 2.76. The summed E-state index contributed by atoms with van der Waals surface area (Å²) in [5, 5.41) is 11.1. The Labute approximate surface area is 109 Å². The van der Waals surface area contributed by atoms with Crippen molar-refractivity contribution in [1.29, 1.82) is 0 Å². The number of carbonyl (C=O) groups is 2. The smallest absolute Gasteiger partial charge is 0.303 e. The number of ether oxygens (including phenoxy) is 1. The van der Waals surface area contributed by atoms with Crippen molar-refractivity contribution >= 4 is 29.3 Å². The van der Waals surface area contributed by atoms with E-state index in [9.17, 15) is 9.59 Å². The van der Waals surface area contributed by atoms with Gasteiger partial charge < -0.3 is 15.2 Å². The van der Waals surface area contributed by atoms with Crippen LogP contribution in [0.4, 0.5) is 5.69 Å². The summed E-state index contributed by atoms with van der Waals surface area (Å²) in [6, 6.07) is 5.44. The van der Waals surface area contributed by atoms with E-state index < -0.39 is 5.97 Å². The van der Waals surface area contributed by atoms with Crippen molar-refractivity contribution in [1.82, 2.24) is 0 Å². The number of thioether (sulfide) groups is 1. The standard InChI is InChI=1S/C12H13NO4S/c1-17-7-2-3-9-8(6-7)13-12(16)10(18-9)4-5-11(14)15/h2-3,6,10H,4-5H2,1H3,(H,13,16)(H,14,15). The van der Waals surface area contributed by atoms with E-state index in [2.05, 4.69) is 5.32 Å². The fourth-order valence-corrected chi connectivity index (χ4v) is 2.79. The Bertz CT molecular complexity index is 489. The zero-order valence-electron chi connectivity index (χ0n) is 9.80. The molecule has 2 rings (SSSR count). The molecule has 1 aromatic carbocycles. The lowest BCUT2D eigenvalue weighted by Gasteiger charge is -2.23. The number of fused-ring (bicyclic) bond motifs is 1. The first-order valence-corrected chi connectivity index (χ1v) is 6.35. The molecule has 0 radical (unpaired) electrons. The quantitative estimate of drug-likeness (QED) is 0.872. The largest absolute Gasteiger partial charge is 0.497 e. The minimum atomic E-state index is -0.885. The van der Waals surface area contributed by atoms with Crippen molar-refractivity contribution in [2.75, 3.05) is 12.4 Å². The molecule has 96 valence electrons. The van der Waals surface area contributed by atoms with Crippen LogP contribution in [-0.2, 0) is 9.59 Å². The van der Waals surface area contributed by atoms with Gasteiger partial charge in [-0.15, -0.1) is 11.8 Å². The Balaban J connectivity index is 2.13. The van der Waals surface area contributed by atoms with Gasteiger partial charge in [0.05, 0.1) is 18.0 Å². The number of carboxylic acids is 1. The molecule has 1 aromatic rings. The third-order valence-electron chi connectivity index (χ3n) is 2.63. The van der Waals surface area contributed by atoms with Gasteiger partial charge in [0, 0.05) is 17.4 Å². The summed E-state index contributed by atoms with van der Waals surface area (Å²) in [6.07, 6.45) is 0.327.